The number of methoxy groups -OCH3 is 1. The van der Waals surface area contributed by atoms with E-state index in [1.807, 2.05) is 6.92 Å². The molecule has 7 nitrogen and oxygen atoms in total. The van der Waals surface area contributed by atoms with E-state index in [2.05, 4.69) is 9.71 Å². The van der Waals surface area contributed by atoms with E-state index in [9.17, 15) is 13.2 Å². The molecule has 9 heteroatoms. The van der Waals surface area contributed by atoms with Crippen molar-refractivity contribution in [3.63, 3.8) is 0 Å². The fourth-order valence-electron chi connectivity index (χ4n) is 2.63. The number of hydrogen-bond donors (Lipinski definition) is 2. The molecule has 2 rings (SSSR count). The number of nitrogens with two attached hydrogens (primary N) is 1. The highest BCUT2D eigenvalue weighted by molar-refractivity contribution is 7.89. The van der Waals surface area contributed by atoms with Crippen LogP contribution < -0.4 is 10.5 Å². The highest BCUT2D eigenvalue weighted by Crippen LogP contribution is 2.25. The van der Waals surface area contributed by atoms with E-state index >= 15 is 0 Å². The van der Waals surface area contributed by atoms with Crippen molar-refractivity contribution in [1.29, 1.82) is 0 Å². The summed E-state index contributed by atoms with van der Waals surface area (Å²) in [5, 5.41) is 0.840. The van der Waals surface area contributed by atoms with Crippen LogP contribution in [0.1, 0.15) is 36.7 Å². The van der Waals surface area contributed by atoms with Gasteiger partial charge in [0.2, 0.25) is 10.0 Å². The molecule has 1 unspecified atom stereocenters. The Hall–Kier alpha value is -1.74. The first kappa shape index (κ1) is 22.3. The van der Waals surface area contributed by atoms with Gasteiger partial charge in [-0.25, -0.2) is 22.9 Å². The summed E-state index contributed by atoms with van der Waals surface area (Å²) < 4.78 is 33.0. The minimum atomic E-state index is -3.79. The van der Waals surface area contributed by atoms with Crippen LogP contribution in [0.25, 0.3) is 10.8 Å². The molecule has 0 fully saturated rings. The summed E-state index contributed by atoms with van der Waals surface area (Å²) in [5.74, 6) is -0.615. The maximum absolute atomic E-state index is 12.8. The van der Waals surface area contributed by atoms with Gasteiger partial charge in [-0.3, -0.25) is 0 Å². The highest BCUT2D eigenvalue weighted by atomic mass is 35.5. The molecule has 2 aromatic rings. The molecule has 26 heavy (non-hydrogen) atoms. The number of nitrogens with one attached hydrogen (secondary N) is 1. The van der Waals surface area contributed by atoms with Gasteiger partial charge in [0, 0.05) is 29.6 Å². The number of halogens is 1. The third-order valence-electron chi connectivity index (χ3n) is 3.95. The number of fused-ring (bicyclic) bond motifs is 1. The number of benzene rings is 1. The molecule has 0 radical (unpaired) electrons. The highest BCUT2D eigenvalue weighted by Gasteiger charge is 2.23. The smallest absolute Gasteiger partial charge is 0.357 e. The van der Waals surface area contributed by atoms with E-state index in [1.165, 1.54) is 19.4 Å². The molecule has 1 aromatic carbocycles. The average molecular weight is 402 g/mol. The zero-order valence-corrected chi connectivity index (χ0v) is 16.4. The van der Waals surface area contributed by atoms with Crippen LogP contribution >= 0.6 is 12.4 Å². The molecule has 0 saturated heterocycles. The van der Waals surface area contributed by atoms with E-state index in [4.69, 9.17) is 10.5 Å². The van der Waals surface area contributed by atoms with Gasteiger partial charge in [0.15, 0.2) is 5.69 Å². The van der Waals surface area contributed by atoms with Crippen molar-refractivity contribution >= 4 is 39.2 Å². The Morgan fingerprint density at radius 3 is 2.65 bits per heavy atom. The van der Waals surface area contributed by atoms with E-state index in [0.29, 0.717) is 17.2 Å². The molecule has 0 amide bonds. The van der Waals surface area contributed by atoms with Gasteiger partial charge in [0.05, 0.1) is 12.0 Å². The Morgan fingerprint density at radius 1 is 1.31 bits per heavy atom. The zero-order valence-electron chi connectivity index (χ0n) is 14.8. The first-order valence-corrected chi connectivity index (χ1v) is 9.61. The predicted molar refractivity (Wildman–Crippen MR) is 103 cm³/mol. The summed E-state index contributed by atoms with van der Waals surface area (Å²) in [6.07, 6.45) is 3.91. The largest absolute Gasteiger partial charge is 0.464 e. The molecule has 1 aromatic heterocycles. The summed E-state index contributed by atoms with van der Waals surface area (Å²) in [6, 6.07) is 5.96. The lowest BCUT2D eigenvalue weighted by molar-refractivity contribution is 0.0596. The summed E-state index contributed by atoms with van der Waals surface area (Å²) in [5.41, 5.74) is 5.78. The van der Waals surface area contributed by atoms with E-state index in [0.717, 1.165) is 12.8 Å². The molecule has 0 aliphatic carbocycles. The first-order chi connectivity index (χ1) is 11.9. The number of sulfonamides is 1. The number of aromatic nitrogens is 1. The van der Waals surface area contributed by atoms with Gasteiger partial charge >= 0.3 is 5.97 Å². The maximum atomic E-state index is 12.8. The maximum Gasteiger partial charge on any atom is 0.357 e. The van der Waals surface area contributed by atoms with Crippen molar-refractivity contribution in [1.82, 2.24) is 9.71 Å². The molecule has 0 spiro atoms. The van der Waals surface area contributed by atoms with Gasteiger partial charge in [0.1, 0.15) is 0 Å². The van der Waals surface area contributed by atoms with Crippen LogP contribution in [0.2, 0.25) is 0 Å². The number of unbranched alkanes of at least 4 members (excludes halogenated alkanes) is 1. The van der Waals surface area contributed by atoms with Crippen molar-refractivity contribution in [2.45, 2.75) is 37.1 Å². The number of carbonyl (C=O) groups excluding carboxylic acids is 1. The molecular weight excluding hydrogens is 378 g/mol. The quantitative estimate of drug-likeness (QED) is 0.656. The first-order valence-electron chi connectivity index (χ1n) is 8.13. The number of pyridine rings is 1. The summed E-state index contributed by atoms with van der Waals surface area (Å²) in [7, 11) is -2.53. The number of nitrogens with zero attached hydrogens (tertiary/aromatic N) is 1. The number of carbonyl (C=O) groups is 1. The SMILES string of the molecule is CCCCC(CN)NS(=O)(=O)c1cccc2c(C(=O)OC)nccc12.Cl. The number of rotatable bonds is 8. The Morgan fingerprint density at radius 2 is 2.04 bits per heavy atom. The second-order valence-corrected chi connectivity index (χ2v) is 7.38. The van der Waals surface area contributed by atoms with Crippen LogP contribution in [0, 0.1) is 0 Å². The van der Waals surface area contributed by atoms with Gasteiger partial charge in [-0.05, 0) is 18.6 Å². The zero-order chi connectivity index (χ0) is 18.4. The minimum Gasteiger partial charge on any atom is -0.464 e. The van der Waals surface area contributed by atoms with Crippen molar-refractivity contribution in [2.24, 2.45) is 5.73 Å². The van der Waals surface area contributed by atoms with Crippen molar-refractivity contribution in [3.05, 3.63) is 36.2 Å². The lowest BCUT2D eigenvalue weighted by Gasteiger charge is -2.17. The third kappa shape index (κ3) is 4.91. The molecule has 0 bridgehead atoms. The molecule has 3 N–H and O–H groups in total. The lowest BCUT2D eigenvalue weighted by Crippen LogP contribution is -2.40. The summed E-state index contributed by atoms with van der Waals surface area (Å²) >= 11 is 0. The van der Waals surface area contributed by atoms with E-state index < -0.39 is 16.0 Å². The van der Waals surface area contributed by atoms with E-state index in [1.54, 1.807) is 18.2 Å². The van der Waals surface area contributed by atoms with Crippen molar-refractivity contribution < 1.29 is 17.9 Å². The summed E-state index contributed by atoms with van der Waals surface area (Å²) in [4.78, 5) is 16.0. The molecule has 0 aliphatic rings. The monoisotopic (exact) mass is 401 g/mol. The van der Waals surface area contributed by atoms with Crippen LogP contribution in [0.15, 0.2) is 35.4 Å². The predicted octanol–water partition coefficient (Wildman–Crippen LogP) is 2.24. The van der Waals surface area contributed by atoms with Gasteiger partial charge in [-0.1, -0.05) is 31.9 Å². The molecular formula is C17H24ClN3O4S. The van der Waals surface area contributed by atoms with Gasteiger partial charge in [0.25, 0.3) is 0 Å². The van der Waals surface area contributed by atoms with Crippen LogP contribution in [-0.2, 0) is 14.8 Å². The average Bonchev–Trinajstić information content (AvgIpc) is 2.63. The Labute approximate surface area is 159 Å². The van der Waals surface area contributed by atoms with Crippen LogP contribution in [0.3, 0.4) is 0 Å². The van der Waals surface area contributed by atoms with Crippen molar-refractivity contribution in [2.75, 3.05) is 13.7 Å². The Balaban J connectivity index is 0.00000338. The number of ether oxygens (including phenoxy) is 1. The van der Waals surface area contributed by atoms with E-state index in [-0.39, 0.29) is 35.6 Å². The van der Waals surface area contributed by atoms with Crippen molar-refractivity contribution in [3.8, 4) is 0 Å². The third-order valence-corrected chi connectivity index (χ3v) is 5.53. The topological polar surface area (TPSA) is 111 Å². The lowest BCUT2D eigenvalue weighted by atomic mass is 10.1. The molecule has 144 valence electrons. The van der Waals surface area contributed by atoms with Gasteiger partial charge < -0.3 is 10.5 Å². The molecule has 0 aliphatic heterocycles. The minimum absolute atomic E-state index is 0. The second kappa shape index (κ2) is 9.82. The van der Waals surface area contributed by atoms with Crippen LogP contribution in [-0.4, -0.2) is 39.1 Å². The van der Waals surface area contributed by atoms with Gasteiger partial charge in [-0.2, -0.15) is 0 Å². The second-order valence-electron chi connectivity index (χ2n) is 5.70. The molecule has 1 heterocycles. The molecule has 0 saturated carbocycles. The number of hydrogen-bond acceptors (Lipinski definition) is 6. The number of esters is 1. The Bertz CT molecular complexity index is 858. The van der Waals surface area contributed by atoms with Crippen LogP contribution in [0.4, 0.5) is 0 Å². The standard InChI is InChI=1S/C17H23N3O4S.ClH/c1-3-4-6-12(11-18)20-25(22,23)15-8-5-7-14-13(15)9-10-19-16(14)17(21)24-2;/h5,7-10,12,20H,3-4,6,11,18H2,1-2H3;1H. The summed E-state index contributed by atoms with van der Waals surface area (Å²) in [6.45, 7) is 2.26. The fraction of sp³-hybridized carbons (Fsp3) is 0.412. The van der Waals surface area contributed by atoms with Crippen LogP contribution in [0.5, 0.6) is 0 Å². The Kier molecular flexibility index (Phi) is 8.42. The normalized spacial score (nSPS) is 12.4. The van der Waals surface area contributed by atoms with Gasteiger partial charge in [-0.15, -0.1) is 12.4 Å². The molecule has 1 atom stereocenters. The fourth-order valence-corrected chi connectivity index (χ4v) is 4.14.